The molecule has 0 saturated heterocycles. The van der Waals surface area contributed by atoms with Gasteiger partial charge in [-0.3, -0.25) is 4.55 Å². The van der Waals surface area contributed by atoms with E-state index in [0.717, 1.165) is 21.8 Å². The number of nitrogens with zero attached hydrogens (tertiary/aromatic N) is 1. The summed E-state index contributed by atoms with van der Waals surface area (Å²) in [5.74, 6) is 0. The smallest absolute Gasteiger partial charge is 0.294 e. The average molecular weight is 261 g/mol. The zero-order valence-corrected chi connectivity index (χ0v) is 10.5. The molecule has 0 bridgehead atoms. The topological polar surface area (TPSA) is 59.3 Å². The van der Waals surface area contributed by atoms with Gasteiger partial charge in [0.2, 0.25) is 0 Å². The van der Waals surface area contributed by atoms with Crippen LogP contribution in [0, 0.1) is 0 Å². The van der Waals surface area contributed by atoms with Crippen LogP contribution in [0.15, 0.2) is 47.4 Å². The van der Waals surface area contributed by atoms with E-state index in [9.17, 15) is 8.42 Å². The first-order valence-electron chi connectivity index (χ1n) is 5.43. The summed E-state index contributed by atoms with van der Waals surface area (Å²) in [6, 6.07) is 12.4. The normalized spacial score (nSPS) is 12.3. The van der Waals surface area contributed by atoms with Gasteiger partial charge in [-0.25, -0.2) is 0 Å². The first kappa shape index (κ1) is 11.3. The second-order valence-corrected chi connectivity index (χ2v) is 5.65. The van der Waals surface area contributed by atoms with Crippen molar-refractivity contribution in [1.82, 2.24) is 4.57 Å². The highest BCUT2D eigenvalue weighted by atomic mass is 32.2. The highest BCUT2D eigenvalue weighted by molar-refractivity contribution is 7.85. The molecule has 3 rings (SSSR count). The van der Waals surface area contributed by atoms with Crippen LogP contribution >= 0.6 is 0 Å². The minimum Gasteiger partial charge on any atom is -0.344 e. The molecule has 0 fully saturated rings. The summed E-state index contributed by atoms with van der Waals surface area (Å²) in [6.45, 7) is 0. The Bertz CT molecular complexity index is 862. The fraction of sp³-hybridized carbons (Fsp3) is 0.0769. The van der Waals surface area contributed by atoms with Crippen LogP contribution in [0.1, 0.15) is 0 Å². The molecule has 92 valence electrons. The van der Waals surface area contributed by atoms with Crippen LogP contribution in [0.4, 0.5) is 0 Å². The molecule has 0 aliphatic heterocycles. The third-order valence-electron chi connectivity index (χ3n) is 3.18. The number of benzene rings is 2. The summed E-state index contributed by atoms with van der Waals surface area (Å²) in [5, 5.41) is 1.80. The lowest BCUT2D eigenvalue weighted by Gasteiger charge is -1.99. The maximum atomic E-state index is 11.2. The molecular formula is C13H11NO3S. The summed E-state index contributed by atoms with van der Waals surface area (Å²) >= 11 is 0. The SMILES string of the molecule is Cn1c2ccccc2c2cc(S(=O)(=O)O)ccc21. The number of hydrogen-bond acceptors (Lipinski definition) is 2. The number of rotatable bonds is 1. The van der Waals surface area contributed by atoms with Gasteiger partial charge in [-0.05, 0) is 24.3 Å². The van der Waals surface area contributed by atoms with Crippen molar-refractivity contribution >= 4 is 31.9 Å². The van der Waals surface area contributed by atoms with E-state index in [4.69, 9.17) is 4.55 Å². The highest BCUT2D eigenvalue weighted by Crippen LogP contribution is 2.29. The zero-order chi connectivity index (χ0) is 12.9. The minimum absolute atomic E-state index is 0.0775. The molecule has 1 N–H and O–H groups in total. The number of aromatic nitrogens is 1. The van der Waals surface area contributed by atoms with E-state index in [1.165, 1.54) is 12.1 Å². The van der Waals surface area contributed by atoms with Crippen molar-refractivity contribution in [3.8, 4) is 0 Å². The molecule has 0 radical (unpaired) electrons. The first-order valence-corrected chi connectivity index (χ1v) is 6.87. The van der Waals surface area contributed by atoms with Crippen LogP contribution in [-0.4, -0.2) is 17.5 Å². The van der Waals surface area contributed by atoms with Crippen LogP contribution in [0.25, 0.3) is 21.8 Å². The van der Waals surface area contributed by atoms with Crippen molar-refractivity contribution in [2.75, 3.05) is 0 Å². The lowest BCUT2D eigenvalue weighted by atomic mass is 10.1. The Morgan fingerprint density at radius 1 is 1.00 bits per heavy atom. The fourth-order valence-corrected chi connectivity index (χ4v) is 2.81. The molecule has 0 unspecified atom stereocenters. The number of hydrogen-bond donors (Lipinski definition) is 1. The number of para-hydroxylation sites is 1. The largest absolute Gasteiger partial charge is 0.344 e. The molecule has 1 aromatic heterocycles. The van der Waals surface area contributed by atoms with E-state index in [1.807, 2.05) is 35.9 Å². The molecule has 3 aromatic rings. The molecule has 1 heterocycles. The van der Waals surface area contributed by atoms with Crippen molar-refractivity contribution in [3.05, 3.63) is 42.5 Å². The molecule has 2 aromatic carbocycles. The Morgan fingerprint density at radius 3 is 2.39 bits per heavy atom. The molecule has 4 nitrogen and oxygen atoms in total. The molecule has 0 amide bonds. The van der Waals surface area contributed by atoms with E-state index >= 15 is 0 Å². The van der Waals surface area contributed by atoms with Gasteiger partial charge in [0.1, 0.15) is 0 Å². The predicted octanol–water partition coefficient (Wildman–Crippen LogP) is 2.58. The summed E-state index contributed by atoms with van der Waals surface area (Å²) < 4.78 is 33.4. The Balaban J connectivity index is 2.51. The molecule has 0 aliphatic carbocycles. The molecule has 0 saturated carbocycles. The van der Waals surface area contributed by atoms with Gasteiger partial charge in [-0.1, -0.05) is 18.2 Å². The zero-order valence-electron chi connectivity index (χ0n) is 9.66. The fourth-order valence-electron chi connectivity index (χ4n) is 2.31. The summed E-state index contributed by atoms with van der Waals surface area (Å²) in [4.78, 5) is -0.0775. The van der Waals surface area contributed by atoms with Crippen molar-refractivity contribution in [2.24, 2.45) is 7.05 Å². The predicted molar refractivity (Wildman–Crippen MR) is 70.2 cm³/mol. The van der Waals surface area contributed by atoms with Crippen molar-refractivity contribution in [2.45, 2.75) is 4.90 Å². The van der Waals surface area contributed by atoms with Crippen LogP contribution in [0.2, 0.25) is 0 Å². The van der Waals surface area contributed by atoms with Gasteiger partial charge in [0, 0.05) is 28.9 Å². The van der Waals surface area contributed by atoms with Gasteiger partial charge in [0.05, 0.1) is 4.90 Å². The maximum Gasteiger partial charge on any atom is 0.294 e. The Labute approximate surface area is 104 Å². The molecule has 0 atom stereocenters. The third-order valence-corrected chi connectivity index (χ3v) is 4.03. The molecular weight excluding hydrogens is 250 g/mol. The number of fused-ring (bicyclic) bond motifs is 3. The van der Waals surface area contributed by atoms with Gasteiger partial charge in [-0.15, -0.1) is 0 Å². The van der Waals surface area contributed by atoms with E-state index in [0.29, 0.717) is 0 Å². The van der Waals surface area contributed by atoms with Crippen LogP contribution in [-0.2, 0) is 17.2 Å². The lowest BCUT2D eigenvalue weighted by Crippen LogP contribution is -1.97. The van der Waals surface area contributed by atoms with Crippen LogP contribution < -0.4 is 0 Å². The van der Waals surface area contributed by atoms with Crippen molar-refractivity contribution in [1.29, 1.82) is 0 Å². The number of aryl methyl sites for hydroxylation is 1. The first-order chi connectivity index (χ1) is 8.48. The summed E-state index contributed by atoms with van der Waals surface area (Å²) in [6.07, 6.45) is 0. The van der Waals surface area contributed by atoms with Gasteiger partial charge in [0.15, 0.2) is 0 Å². The van der Waals surface area contributed by atoms with Gasteiger partial charge >= 0.3 is 0 Å². The van der Waals surface area contributed by atoms with Crippen molar-refractivity contribution < 1.29 is 13.0 Å². The van der Waals surface area contributed by atoms with Crippen LogP contribution in [0.3, 0.4) is 0 Å². The third kappa shape index (κ3) is 1.52. The minimum atomic E-state index is -4.16. The average Bonchev–Trinajstić information content (AvgIpc) is 2.63. The maximum absolute atomic E-state index is 11.2. The van der Waals surface area contributed by atoms with Crippen molar-refractivity contribution in [3.63, 3.8) is 0 Å². The van der Waals surface area contributed by atoms with E-state index in [-0.39, 0.29) is 4.90 Å². The molecule has 0 aliphatic rings. The summed E-state index contributed by atoms with van der Waals surface area (Å²) in [5.41, 5.74) is 1.96. The second-order valence-electron chi connectivity index (χ2n) is 4.23. The van der Waals surface area contributed by atoms with Gasteiger partial charge < -0.3 is 4.57 Å². The van der Waals surface area contributed by atoms with E-state index in [2.05, 4.69) is 0 Å². The van der Waals surface area contributed by atoms with Crippen LogP contribution in [0.5, 0.6) is 0 Å². The highest BCUT2D eigenvalue weighted by Gasteiger charge is 2.13. The Hall–Kier alpha value is -1.85. The Morgan fingerprint density at radius 2 is 1.67 bits per heavy atom. The van der Waals surface area contributed by atoms with E-state index in [1.54, 1.807) is 6.07 Å². The molecule has 18 heavy (non-hydrogen) atoms. The van der Waals surface area contributed by atoms with Gasteiger partial charge in [0.25, 0.3) is 10.1 Å². The second kappa shape index (κ2) is 3.57. The summed E-state index contributed by atoms with van der Waals surface area (Å²) in [7, 11) is -2.23. The molecule has 5 heteroatoms. The molecule has 0 spiro atoms. The van der Waals surface area contributed by atoms with E-state index < -0.39 is 10.1 Å². The lowest BCUT2D eigenvalue weighted by molar-refractivity contribution is 0.483. The van der Waals surface area contributed by atoms with Gasteiger partial charge in [-0.2, -0.15) is 8.42 Å². The Kier molecular flexibility index (Phi) is 2.23. The quantitative estimate of drug-likeness (QED) is 0.685. The monoisotopic (exact) mass is 261 g/mol. The standard InChI is InChI=1S/C13H11NO3S/c1-14-12-5-3-2-4-10(12)11-8-9(18(15,16)17)6-7-13(11)14/h2-8H,1H3,(H,15,16,17).